The first-order chi connectivity index (χ1) is 8.61. The number of hydrogen-bond donors (Lipinski definition) is 1. The molecular weight excluding hydrogens is 220 g/mol. The van der Waals surface area contributed by atoms with Gasteiger partial charge in [-0.3, -0.25) is 4.90 Å². The van der Waals surface area contributed by atoms with Crippen LogP contribution in [0.15, 0.2) is 18.2 Å². The largest absolute Gasteiger partial charge is 0.329 e. The summed E-state index contributed by atoms with van der Waals surface area (Å²) in [4.78, 5) is 2.59. The number of nitrogens with zero attached hydrogens (tertiary/aromatic N) is 1. The fourth-order valence-corrected chi connectivity index (χ4v) is 3.25. The molecule has 0 spiro atoms. The van der Waals surface area contributed by atoms with Crippen molar-refractivity contribution in [3.63, 3.8) is 0 Å². The maximum Gasteiger partial charge on any atom is 0.0473 e. The molecular formula is C16H26N2. The van der Waals surface area contributed by atoms with Gasteiger partial charge in [-0.15, -0.1) is 0 Å². The normalized spacial score (nSPS) is 23.0. The standard InChI is InChI=1S/C16H26N2/c1-12-8-13(2)10-15(9-12)16(11-17)18-7-5-4-6-14(18)3/h8-10,14,16H,4-7,11,17H2,1-3H3. The number of nitrogens with two attached hydrogens (primary N) is 1. The van der Waals surface area contributed by atoms with Crippen LogP contribution in [-0.2, 0) is 0 Å². The molecule has 1 aliphatic heterocycles. The van der Waals surface area contributed by atoms with Crippen molar-refractivity contribution in [2.75, 3.05) is 13.1 Å². The van der Waals surface area contributed by atoms with Crippen LogP contribution in [0, 0.1) is 13.8 Å². The average molecular weight is 246 g/mol. The number of aryl methyl sites for hydroxylation is 2. The summed E-state index contributed by atoms with van der Waals surface area (Å²) in [6, 6.07) is 7.88. The Morgan fingerprint density at radius 3 is 2.44 bits per heavy atom. The molecule has 0 bridgehead atoms. The Balaban J connectivity index is 2.26. The van der Waals surface area contributed by atoms with Gasteiger partial charge in [0.2, 0.25) is 0 Å². The predicted octanol–water partition coefficient (Wildman–Crippen LogP) is 3.18. The first-order valence-electron chi connectivity index (χ1n) is 7.16. The van der Waals surface area contributed by atoms with E-state index in [9.17, 15) is 0 Å². The van der Waals surface area contributed by atoms with Gasteiger partial charge in [-0.1, -0.05) is 35.7 Å². The SMILES string of the molecule is Cc1cc(C)cc(C(CN)N2CCCCC2C)c1. The van der Waals surface area contributed by atoms with Gasteiger partial charge in [0.15, 0.2) is 0 Å². The second-order valence-corrected chi connectivity index (χ2v) is 5.76. The van der Waals surface area contributed by atoms with Crippen LogP contribution >= 0.6 is 0 Å². The minimum absolute atomic E-state index is 0.388. The summed E-state index contributed by atoms with van der Waals surface area (Å²) in [5.41, 5.74) is 10.1. The van der Waals surface area contributed by atoms with E-state index in [0.717, 1.165) is 0 Å². The molecule has 1 heterocycles. The Kier molecular flexibility index (Phi) is 4.41. The third-order valence-electron chi connectivity index (χ3n) is 4.11. The second-order valence-electron chi connectivity index (χ2n) is 5.76. The van der Waals surface area contributed by atoms with Crippen molar-refractivity contribution in [1.82, 2.24) is 4.90 Å². The number of benzene rings is 1. The third-order valence-corrected chi connectivity index (χ3v) is 4.11. The number of likely N-dealkylation sites (tertiary alicyclic amines) is 1. The van der Waals surface area contributed by atoms with Crippen molar-refractivity contribution >= 4 is 0 Å². The van der Waals surface area contributed by atoms with E-state index in [1.54, 1.807) is 0 Å². The number of hydrogen-bond acceptors (Lipinski definition) is 2. The van der Waals surface area contributed by atoms with E-state index in [0.29, 0.717) is 18.6 Å². The summed E-state index contributed by atoms with van der Waals surface area (Å²) in [6.45, 7) is 8.58. The van der Waals surface area contributed by atoms with Gasteiger partial charge in [-0.25, -0.2) is 0 Å². The van der Waals surface area contributed by atoms with E-state index in [-0.39, 0.29) is 0 Å². The first kappa shape index (κ1) is 13.6. The van der Waals surface area contributed by atoms with Crippen LogP contribution in [0.5, 0.6) is 0 Å². The molecule has 0 amide bonds. The summed E-state index contributed by atoms with van der Waals surface area (Å²) in [5, 5.41) is 0. The van der Waals surface area contributed by atoms with Gasteiger partial charge >= 0.3 is 0 Å². The lowest BCUT2D eigenvalue weighted by Gasteiger charge is -2.39. The quantitative estimate of drug-likeness (QED) is 0.887. The summed E-state index contributed by atoms with van der Waals surface area (Å²) in [6.07, 6.45) is 3.98. The fraction of sp³-hybridized carbons (Fsp3) is 0.625. The summed E-state index contributed by atoms with van der Waals surface area (Å²) in [7, 11) is 0. The lowest BCUT2D eigenvalue weighted by atomic mass is 9.95. The molecule has 2 N–H and O–H groups in total. The Morgan fingerprint density at radius 1 is 1.22 bits per heavy atom. The molecule has 18 heavy (non-hydrogen) atoms. The highest BCUT2D eigenvalue weighted by Crippen LogP contribution is 2.28. The van der Waals surface area contributed by atoms with Crippen LogP contribution in [0.1, 0.15) is 48.9 Å². The van der Waals surface area contributed by atoms with Crippen LogP contribution in [0.2, 0.25) is 0 Å². The molecule has 1 saturated heterocycles. The van der Waals surface area contributed by atoms with Crippen LogP contribution < -0.4 is 5.73 Å². The van der Waals surface area contributed by atoms with E-state index in [4.69, 9.17) is 5.73 Å². The van der Waals surface area contributed by atoms with Crippen LogP contribution in [0.3, 0.4) is 0 Å². The van der Waals surface area contributed by atoms with E-state index in [1.807, 2.05) is 0 Å². The highest BCUT2D eigenvalue weighted by Gasteiger charge is 2.26. The molecule has 0 saturated carbocycles. The summed E-state index contributed by atoms with van der Waals surface area (Å²) >= 11 is 0. The first-order valence-corrected chi connectivity index (χ1v) is 7.16. The average Bonchev–Trinajstić information content (AvgIpc) is 2.31. The van der Waals surface area contributed by atoms with E-state index in [1.165, 1.54) is 42.5 Å². The highest BCUT2D eigenvalue weighted by atomic mass is 15.2. The molecule has 1 aromatic rings. The molecule has 1 fully saturated rings. The Labute approximate surface area is 111 Å². The topological polar surface area (TPSA) is 29.3 Å². The third kappa shape index (κ3) is 2.93. The van der Waals surface area contributed by atoms with Crippen molar-refractivity contribution in [2.24, 2.45) is 5.73 Å². The molecule has 2 unspecified atom stereocenters. The minimum Gasteiger partial charge on any atom is -0.329 e. The van der Waals surface area contributed by atoms with E-state index >= 15 is 0 Å². The molecule has 100 valence electrons. The van der Waals surface area contributed by atoms with Crippen molar-refractivity contribution in [3.05, 3.63) is 34.9 Å². The Morgan fingerprint density at radius 2 is 1.89 bits per heavy atom. The maximum absolute atomic E-state index is 6.06. The minimum atomic E-state index is 0.388. The van der Waals surface area contributed by atoms with Gasteiger partial charge < -0.3 is 5.73 Å². The second kappa shape index (κ2) is 5.85. The molecule has 0 aliphatic carbocycles. The molecule has 1 aromatic carbocycles. The van der Waals surface area contributed by atoms with E-state index in [2.05, 4.69) is 43.9 Å². The molecule has 2 atom stereocenters. The molecule has 2 nitrogen and oxygen atoms in total. The smallest absolute Gasteiger partial charge is 0.0473 e. The van der Waals surface area contributed by atoms with Crippen molar-refractivity contribution in [3.8, 4) is 0 Å². The fourth-order valence-electron chi connectivity index (χ4n) is 3.25. The van der Waals surface area contributed by atoms with Crippen LogP contribution in [-0.4, -0.2) is 24.0 Å². The van der Waals surface area contributed by atoms with Gasteiger partial charge in [-0.2, -0.15) is 0 Å². The van der Waals surface area contributed by atoms with Gasteiger partial charge in [0.25, 0.3) is 0 Å². The van der Waals surface area contributed by atoms with Gasteiger partial charge in [0.1, 0.15) is 0 Å². The summed E-state index contributed by atoms with van der Waals surface area (Å²) < 4.78 is 0. The van der Waals surface area contributed by atoms with Crippen molar-refractivity contribution in [2.45, 2.75) is 52.1 Å². The molecule has 0 radical (unpaired) electrons. The zero-order valence-electron chi connectivity index (χ0n) is 11.9. The Bertz CT molecular complexity index is 380. The lowest BCUT2D eigenvalue weighted by molar-refractivity contribution is 0.109. The van der Waals surface area contributed by atoms with Crippen molar-refractivity contribution in [1.29, 1.82) is 0 Å². The molecule has 0 aromatic heterocycles. The van der Waals surface area contributed by atoms with Gasteiger partial charge in [0.05, 0.1) is 0 Å². The summed E-state index contributed by atoms with van der Waals surface area (Å²) in [5.74, 6) is 0. The molecule has 2 heteroatoms. The number of rotatable bonds is 3. The number of piperidine rings is 1. The van der Waals surface area contributed by atoms with Crippen molar-refractivity contribution < 1.29 is 0 Å². The van der Waals surface area contributed by atoms with Crippen LogP contribution in [0.25, 0.3) is 0 Å². The Hall–Kier alpha value is -0.860. The van der Waals surface area contributed by atoms with Gasteiger partial charge in [0, 0.05) is 18.6 Å². The maximum atomic E-state index is 6.06. The van der Waals surface area contributed by atoms with Gasteiger partial charge in [-0.05, 0) is 45.7 Å². The molecule has 2 rings (SSSR count). The van der Waals surface area contributed by atoms with E-state index < -0.39 is 0 Å². The zero-order valence-corrected chi connectivity index (χ0v) is 11.9. The predicted molar refractivity (Wildman–Crippen MR) is 77.7 cm³/mol. The molecule has 1 aliphatic rings. The van der Waals surface area contributed by atoms with Crippen LogP contribution in [0.4, 0.5) is 0 Å². The monoisotopic (exact) mass is 246 g/mol. The highest BCUT2D eigenvalue weighted by molar-refractivity contribution is 5.31. The zero-order chi connectivity index (χ0) is 13.1. The lowest BCUT2D eigenvalue weighted by Crippen LogP contribution is -2.43.